The summed E-state index contributed by atoms with van der Waals surface area (Å²) in [7, 11) is 0. The lowest BCUT2D eigenvalue weighted by molar-refractivity contribution is -0.118. The third-order valence-corrected chi connectivity index (χ3v) is 4.46. The molecule has 0 N–H and O–H groups in total. The van der Waals surface area contributed by atoms with Crippen molar-refractivity contribution < 1.29 is 19.1 Å². The van der Waals surface area contributed by atoms with Gasteiger partial charge in [0.1, 0.15) is 12.5 Å². The molecule has 1 aromatic rings. The third-order valence-electron chi connectivity index (χ3n) is 3.55. The van der Waals surface area contributed by atoms with Gasteiger partial charge in [-0.15, -0.1) is 11.3 Å². The van der Waals surface area contributed by atoms with E-state index in [0.717, 1.165) is 18.4 Å². The lowest BCUT2D eigenvalue weighted by atomic mass is 10.0. The number of ketones is 2. The van der Waals surface area contributed by atoms with E-state index in [1.807, 2.05) is 23.6 Å². The van der Waals surface area contributed by atoms with Crippen molar-refractivity contribution in [2.75, 3.05) is 0 Å². The monoisotopic (exact) mass is 328 g/mol. The Morgan fingerprint density at radius 1 is 1.17 bits per heavy atom. The zero-order chi connectivity index (χ0) is 16.1. The average molecular weight is 328 g/mol. The van der Waals surface area contributed by atoms with Gasteiger partial charge in [0.05, 0.1) is 4.88 Å². The molecule has 0 amide bonds. The maximum Gasteiger partial charge on any atom is 0.205 e. The Morgan fingerprint density at radius 2 is 2.04 bits per heavy atom. The SMILES string of the molecule is O=C(CCC(=O)c1cccs1)C1=COC=C(C2=CC=CCC2)O1. The van der Waals surface area contributed by atoms with Crippen LogP contribution in [0, 0.1) is 0 Å². The second-order valence-electron chi connectivity index (χ2n) is 5.18. The number of ether oxygens (including phenoxy) is 2. The number of rotatable bonds is 6. The van der Waals surface area contributed by atoms with Crippen molar-refractivity contribution >= 4 is 22.9 Å². The van der Waals surface area contributed by atoms with Gasteiger partial charge >= 0.3 is 0 Å². The highest BCUT2D eigenvalue weighted by molar-refractivity contribution is 7.12. The number of thiophene rings is 1. The van der Waals surface area contributed by atoms with Gasteiger partial charge in [-0.25, -0.2) is 0 Å². The van der Waals surface area contributed by atoms with Crippen LogP contribution in [0.25, 0.3) is 0 Å². The van der Waals surface area contributed by atoms with Crippen LogP contribution in [-0.4, -0.2) is 11.6 Å². The molecule has 0 bridgehead atoms. The van der Waals surface area contributed by atoms with Crippen molar-refractivity contribution in [3.8, 4) is 0 Å². The summed E-state index contributed by atoms with van der Waals surface area (Å²) in [6.07, 6.45) is 10.8. The number of Topliss-reactive ketones (excluding diaryl/α,β-unsaturated/α-hetero) is 2. The van der Waals surface area contributed by atoms with Crippen LogP contribution in [0.15, 0.2) is 65.4 Å². The van der Waals surface area contributed by atoms with Gasteiger partial charge < -0.3 is 9.47 Å². The van der Waals surface area contributed by atoms with Crippen LogP contribution in [0.1, 0.15) is 35.4 Å². The minimum Gasteiger partial charge on any atom is -0.465 e. The minimum atomic E-state index is -0.229. The third kappa shape index (κ3) is 3.87. The molecular weight excluding hydrogens is 312 g/mol. The van der Waals surface area contributed by atoms with Crippen LogP contribution < -0.4 is 0 Å². The molecule has 5 heteroatoms. The Bertz CT molecular complexity index is 720. The molecule has 1 aliphatic heterocycles. The van der Waals surface area contributed by atoms with Gasteiger partial charge in [-0.3, -0.25) is 9.59 Å². The molecule has 0 atom stereocenters. The summed E-state index contributed by atoms with van der Waals surface area (Å²) in [5, 5.41) is 1.85. The van der Waals surface area contributed by atoms with E-state index in [9.17, 15) is 9.59 Å². The number of allylic oxidation sites excluding steroid dienone is 5. The number of hydrogen-bond donors (Lipinski definition) is 0. The standard InChI is InChI=1S/C18H16O4S/c19-14(8-9-15(20)18-7-4-10-23-18)17-12-21-11-16(22-17)13-5-2-1-3-6-13/h1-2,4-5,7,10-12H,3,6,8-9H2. The molecule has 0 fully saturated rings. The Kier molecular flexibility index (Phi) is 4.88. The number of hydrogen-bond acceptors (Lipinski definition) is 5. The molecule has 1 aromatic heterocycles. The van der Waals surface area contributed by atoms with E-state index in [4.69, 9.17) is 9.47 Å². The fraction of sp³-hybridized carbons (Fsp3) is 0.222. The maximum absolute atomic E-state index is 12.2. The second kappa shape index (κ2) is 7.24. The van der Waals surface area contributed by atoms with E-state index in [-0.39, 0.29) is 30.2 Å². The molecule has 2 heterocycles. The normalized spacial score (nSPS) is 16.6. The predicted octanol–water partition coefficient (Wildman–Crippen LogP) is 4.29. The lowest BCUT2D eigenvalue weighted by Crippen LogP contribution is -2.13. The molecular formula is C18H16O4S. The fourth-order valence-electron chi connectivity index (χ4n) is 2.31. The molecule has 2 aliphatic rings. The first-order valence-electron chi connectivity index (χ1n) is 7.43. The van der Waals surface area contributed by atoms with Gasteiger partial charge in [0, 0.05) is 12.8 Å². The smallest absolute Gasteiger partial charge is 0.205 e. The van der Waals surface area contributed by atoms with Gasteiger partial charge in [0.15, 0.2) is 11.5 Å². The summed E-state index contributed by atoms with van der Waals surface area (Å²) in [5.41, 5.74) is 1.00. The zero-order valence-corrected chi connectivity index (χ0v) is 13.3. The van der Waals surface area contributed by atoms with Crippen LogP contribution in [0.2, 0.25) is 0 Å². The van der Waals surface area contributed by atoms with Crippen molar-refractivity contribution in [2.45, 2.75) is 25.7 Å². The largest absolute Gasteiger partial charge is 0.465 e. The number of carbonyl (C=O) groups excluding carboxylic acids is 2. The van der Waals surface area contributed by atoms with E-state index < -0.39 is 0 Å². The van der Waals surface area contributed by atoms with E-state index >= 15 is 0 Å². The predicted molar refractivity (Wildman–Crippen MR) is 87.7 cm³/mol. The van der Waals surface area contributed by atoms with Crippen molar-refractivity contribution in [1.82, 2.24) is 0 Å². The molecule has 0 saturated heterocycles. The van der Waals surface area contributed by atoms with Gasteiger partial charge in [0.2, 0.25) is 11.5 Å². The Hall–Kier alpha value is -2.40. The summed E-state index contributed by atoms with van der Waals surface area (Å²) in [5.74, 6) is 0.454. The molecule has 0 radical (unpaired) electrons. The number of carbonyl (C=O) groups is 2. The topological polar surface area (TPSA) is 52.6 Å². The summed E-state index contributed by atoms with van der Waals surface area (Å²) in [6, 6.07) is 3.59. The van der Waals surface area contributed by atoms with Crippen molar-refractivity contribution in [3.05, 3.63) is 70.2 Å². The van der Waals surface area contributed by atoms with Crippen molar-refractivity contribution in [2.24, 2.45) is 0 Å². The van der Waals surface area contributed by atoms with Gasteiger partial charge in [-0.2, -0.15) is 0 Å². The fourth-order valence-corrected chi connectivity index (χ4v) is 3.00. The highest BCUT2D eigenvalue weighted by Crippen LogP contribution is 2.27. The lowest BCUT2D eigenvalue weighted by Gasteiger charge is -2.18. The van der Waals surface area contributed by atoms with Gasteiger partial charge in [0.25, 0.3) is 0 Å². The van der Waals surface area contributed by atoms with E-state index in [2.05, 4.69) is 6.08 Å². The van der Waals surface area contributed by atoms with Crippen LogP contribution in [0.3, 0.4) is 0 Å². The molecule has 118 valence electrons. The summed E-state index contributed by atoms with van der Waals surface area (Å²) >= 11 is 1.38. The van der Waals surface area contributed by atoms with Crippen LogP contribution in [0.4, 0.5) is 0 Å². The molecule has 0 saturated carbocycles. The summed E-state index contributed by atoms with van der Waals surface area (Å²) in [6.45, 7) is 0. The van der Waals surface area contributed by atoms with Crippen LogP contribution in [0.5, 0.6) is 0 Å². The molecule has 3 rings (SSSR count). The van der Waals surface area contributed by atoms with Crippen molar-refractivity contribution in [1.29, 1.82) is 0 Å². The van der Waals surface area contributed by atoms with Crippen LogP contribution in [-0.2, 0) is 14.3 Å². The second-order valence-corrected chi connectivity index (χ2v) is 6.13. The molecule has 1 aliphatic carbocycles. The molecule has 0 aromatic carbocycles. The first-order valence-corrected chi connectivity index (χ1v) is 8.31. The van der Waals surface area contributed by atoms with Gasteiger partial charge in [-0.05, 0) is 29.9 Å². The maximum atomic E-state index is 12.2. The Balaban J connectivity index is 1.56. The van der Waals surface area contributed by atoms with E-state index in [0.29, 0.717) is 10.6 Å². The summed E-state index contributed by atoms with van der Waals surface area (Å²) < 4.78 is 10.9. The molecule has 0 unspecified atom stereocenters. The van der Waals surface area contributed by atoms with Crippen LogP contribution >= 0.6 is 11.3 Å². The average Bonchev–Trinajstić information content (AvgIpc) is 3.15. The zero-order valence-electron chi connectivity index (χ0n) is 12.5. The summed E-state index contributed by atoms with van der Waals surface area (Å²) in [4.78, 5) is 24.8. The molecule has 0 spiro atoms. The highest BCUT2D eigenvalue weighted by Gasteiger charge is 2.21. The molecule has 4 nitrogen and oxygen atoms in total. The Labute approximate surface area is 138 Å². The van der Waals surface area contributed by atoms with E-state index in [1.54, 1.807) is 6.07 Å². The van der Waals surface area contributed by atoms with Gasteiger partial charge in [-0.1, -0.05) is 24.3 Å². The quantitative estimate of drug-likeness (QED) is 0.731. The molecule has 23 heavy (non-hydrogen) atoms. The van der Waals surface area contributed by atoms with Crippen molar-refractivity contribution in [3.63, 3.8) is 0 Å². The Morgan fingerprint density at radius 3 is 2.78 bits per heavy atom. The van der Waals surface area contributed by atoms with E-state index in [1.165, 1.54) is 23.9 Å². The first-order chi connectivity index (χ1) is 11.2. The highest BCUT2D eigenvalue weighted by atomic mass is 32.1. The minimum absolute atomic E-state index is 0.0263. The first kappa shape index (κ1) is 15.5.